The zero-order valence-electron chi connectivity index (χ0n) is 17.1. The van der Waals surface area contributed by atoms with Crippen molar-refractivity contribution in [3.63, 3.8) is 0 Å². The smallest absolute Gasteiger partial charge is 0.223 e. The summed E-state index contributed by atoms with van der Waals surface area (Å²) >= 11 is 0. The van der Waals surface area contributed by atoms with Gasteiger partial charge in [0.25, 0.3) is 0 Å². The third-order valence-corrected chi connectivity index (χ3v) is 5.49. The lowest BCUT2D eigenvalue weighted by Crippen LogP contribution is -2.32. The maximum absolute atomic E-state index is 12.9. The Labute approximate surface area is 163 Å². The largest absolute Gasteiger partial charge is 0.340 e. The molecule has 1 aromatic carbocycles. The molecule has 1 amide bonds. The molecule has 5 nitrogen and oxygen atoms in total. The summed E-state index contributed by atoms with van der Waals surface area (Å²) in [6.45, 7) is 10.7. The number of H-pyrrole nitrogens is 1. The molecular weight excluding hydrogens is 336 g/mol. The molecule has 0 saturated carbocycles. The second-order valence-electron chi connectivity index (χ2n) is 7.83. The number of imidazole rings is 1. The maximum Gasteiger partial charge on any atom is 0.223 e. The molecule has 0 radical (unpaired) electrons. The van der Waals surface area contributed by atoms with Gasteiger partial charge in [0.1, 0.15) is 5.82 Å². The predicted octanol–water partition coefficient (Wildman–Crippen LogP) is 4.44. The molecule has 0 spiro atoms. The first-order valence-corrected chi connectivity index (χ1v) is 10.6. The molecule has 1 unspecified atom stereocenters. The van der Waals surface area contributed by atoms with E-state index >= 15 is 0 Å². The molecule has 5 heteroatoms. The number of carbonyl (C=O) groups is 1. The lowest BCUT2D eigenvalue weighted by molar-refractivity contribution is -0.132. The Morgan fingerprint density at radius 3 is 2.78 bits per heavy atom. The standard InChI is InChI=1S/C22H34N4O/c1-4-12-25(13-5-2)14-7-9-21(27)26-15-6-8-20(26)22-23-18-11-10-17(3)16-19(18)24-22/h10-11,16,20H,4-9,12-15H2,1-3H3,(H,23,24). The van der Waals surface area contributed by atoms with Gasteiger partial charge in [0, 0.05) is 13.0 Å². The molecule has 1 fully saturated rings. The molecule has 2 aromatic rings. The summed E-state index contributed by atoms with van der Waals surface area (Å²) < 4.78 is 0. The van der Waals surface area contributed by atoms with Crippen LogP contribution >= 0.6 is 0 Å². The van der Waals surface area contributed by atoms with E-state index in [1.807, 2.05) is 0 Å². The first-order valence-electron chi connectivity index (χ1n) is 10.6. The number of rotatable bonds is 9. The minimum Gasteiger partial charge on any atom is -0.340 e. The molecule has 1 aliphatic heterocycles. The number of nitrogens with one attached hydrogen (secondary N) is 1. The zero-order valence-corrected chi connectivity index (χ0v) is 17.1. The molecule has 1 N–H and O–H groups in total. The molecule has 0 bridgehead atoms. The van der Waals surface area contributed by atoms with Gasteiger partial charge >= 0.3 is 0 Å². The number of likely N-dealkylation sites (tertiary alicyclic amines) is 1. The van der Waals surface area contributed by atoms with Crippen LogP contribution in [0.1, 0.15) is 69.8 Å². The van der Waals surface area contributed by atoms with E-state index in [2.05, 4.69) is 53.8 Å². The van der Waals surface area contributed by atoms with E-state index in [9.17, 15) is 4.79 Å². The number of hydrogen-bond donors (Lipinski definition) is 1. The highest BCUT2D eigenvalue weighted by atomic mass is 16.2. The van der Waals surface area contributed by atoms with E-state index in [1.54, 1.807) is 0 Å². The van der Waals surface area contributed by atoms with Crippen molar-refractivity contribution in [2.24, 2.45) is 0 Å². The molecule has 148 valence electrons. The second kappa shape index (κ2) is 9.36. The Bertz CT molecular complexity index is 748. The van der Waals surface area contributed by atoms with Gasteiger partial charge in [0.05, 0.1) is 17.1 Å². The van der Waals surface area contributed by atoms with E-state index in [0.717, 1.165) is 62.3 Å². The highest BCUT2D eigenvalue weighted by molar-refractivity contribution is 5.78. The van der Waals surface area contributed by atoms with Gasteiger partial charge < -0.3 is 14.8 Å². The summed E-state index contributed by atoms with van der Waals surface area (Å²) in [5, 5.41) is 0. The molecule has 1 aliphatic rings. The summed E-state index contributed by atoms with van der Waals surface area (Å²) in [6.07, 6.45) is 6.00. The monoisotopic (exact) mass is 370 g/mol. The van der Waals surface area contributed by atoms with Crippen LogP contribution in [0.4, 0.5) is 0 Å². The lowest BCUT2D eigenvalue weighted by Gasteiger charge is -2.24. The first kappa shape index (κ1) is 19.9. The SMILES string of the molecule is CCCN(CCC)CCCC(=O)N1CCCC1c1nc2ccc(C)cc2[nH]1. The van der Waals surface area contributed by atoms with Crippen LogP contribution in [0.2, 0.25) is 0 Å². The molecule has 2 heterocycles. The number of aryl methyl sites for hydroxylation is 1. The van der Waals surface area contributed by atoms with Gasteiger partial charge in [-0.3, -0.25) is 4.79 Å². The van der Waals surface area contributed by atoms with Crippen LogP contribution < -0.4 is 0 Å². The Morgan fingerprint density at radius 1 is 1.26 bits per heavy atom. The fraction of sp³-hybridized carbons (Fsp3) is 0.636. The first-order chi connectivity index (χ1) is 13.1. The lowest BCUT2D eigenvalue weighted by atomic mass is 10.2. The van der Waals surface area contributed by atoms with E-state index in [4.69, 9.17) is 4.98 Å². The van der Waals surface area contributed by atoms with Crippen molar-refractivity contribution in [3.8, 4) is 0 Å². The van der Waals surface area contributed by atoms with Crippen molar-refractivity contribution in [1.29, 1.82) is 0 Å². The van der Waals surface area contributed by atoms with Gasteiger partial charge in [-0.15, -0.1) is 0 Å². The fourth-order valence-electron chi connectivity index (χ4n) is 4.22. The van der Waals surface area contributed by atoms with Gasteiger partial charge in [-0.1, -0.05) is 19.9 Å². The number of carbonyl (C=O) groups excluding carboxylic acids is 1. The van der Waals surface area contributed by atoms with Crippen LogP contribution in [0.3, 0.4) is 0 Å². The minimum atomic E-state index is 0.104. The average Bonchev–Trinajstić information content (AvgIpc) is 3.28. The highest BCUT2D eigenvalue weighted by Gasteiger charge is 2.31. The van der Waals surface area contributed by atoms with Gasteiger partial charge in [0.2, 0.25) is 5.91 Å². The fourth-order valence-corrected chi connectivity index (χ4v) is 4.22. The number of nitrogens with zero attached hydrogens (tertiary/aromatic N) is 3. The summed E-state index contributed by atoms with van der Waals surface area (Å²) in [7, 11) is 0. The third-order valence-electron chi connectivity index (χ3n) is 5.49. The zero-order chi connectivity index (χ0) is 19.2. The van der Waals surface area contributed by atoms with E-state index in [1.165, 1.54) is 18.4 Å². The van der Waals surface area contributed by atoms with Crippen molar-refractivity contribution in [2.75, 3.05) is 26.2 Å². The Kier molecular flexibility index (Phi) is 6.89. The molecule has 27 heavy (non-hydrogen) atoms. The highest BCUT2D eigenvalue weighted by Crippen LogP contribution is 2.32. The van der Waals surface area contributed by atoms with Crippen molar-refractivity contribution in [2.45, 2.75) is 65.3 Å². The van der Waals surface area contributed by atoms with Crippen molar-refractivity contribution < 1.29 is 4.79 Å². The average molecular weight is 371 g/mol. The van der Waals surface area contributed by atoms with Gasteiger partial charge in [-0.25, -0.2) is 4.98 Å². The molecule has 1 atom stereocenters. The number of amides is 1. The Balaban J connectivity index is 1.60. The quantitative estimate of drug-likeness (QED) is 0.710. The van der Waals surface area contributed by atoms with Crippen LogP contribution in [0.15, 0.2) is 18.2 Å². The normalized spacial score (nSPS) is 17.3. The third kappa shape index (κ3) is 4.89. The van der Waals surface area contributed by atoms with Crippen molar-refractivity contribution in [3.05, 3.63) is 29.6 Å². The van der Waals surface area contributed by atoms with E-state index < -0.39 is 0 Å². The second-order valence-corrected chi connectivity index (χ2v) is 7.83. The summed E-state index contributed by atoms with van der Waals surface area (Å²) in [6, 6.07) is 6.38. The number of benzene rings is 1. The van der Waals surface area contributed by atoms with Crippen LogP contribution in [-0.4, -0.2) is 51.9 Å². The molecule has 0 aliphatic carbocycles. The number of aromatic amines is 1. The maximum atomic E-state index is 12.9. The van der Waals surface area contributed by atoms with Crippen LogP contribution in [0.25, 0.3) is 11.0 Å². The molecule has 1 aromatic heterocycles. The number of hydrogen-bond acceptors (Lipinski definition) is 3. The topological polar surface area (TPSA) is 52.2 Å². The Morgan fingerprint density at radius 2 is 2.04 bits per heavy atom. The summed E-state index contributed by atoms with van der Waals surface area (Å²) in [5.74, 6) is 1.22. The van der Waals surface area contributed by atoms with Crippen LogP contribution in [0, 0.1) is 6.92 Å². The summed E-state index contributed by atoms with van der Waals surface area (Å²) in [5.41, 5.74) is 3.28. The number of fused-ring (bicyclic) bond motifs is 1. The summed E-state index contributed by atoms with van der Waals surface area (Å²) in [4.78, 5) is 25.6. The minimum absolute atomic E-state index is 0.104. The van der Waals surface area contributed by atoms with Crippen LogP contribution in [-0.2, 0) is 4.79 Å². The van der Waals surface area contributed by atoms with Crippen molar-refractivity contribution >= 4 is 16.9 Å². The number of aromatic nitrogens is 2. The Hall–Kier alpha value is -1.88. The van der Waals surface area contributed by atoms with E-state index in [-0.39, 0.29) is 11.9 Å². The van der Waals surface area contributed by atoms with Crippen LogP contribution in [0.5, 0.6) is 0 Å². The van der Waals surface area contributed by atoms with Gasteiger partial charge in [-0.2, -0.15) is 0 Å². The molecule has 1 saturated heterocycles. The van der Waals surface area contributed by atoms with Crippen molar-refractivity contribution in [1.82, 2.24) is 19.8 Å². The molecular formula is C22H34N4O. The van der Waals surface area contributed by atoms with Gasteiger partial charge in [-0.05, 0) is 76.4 Å². The molecule has 3 rings (SSSR count). The van der Waals surface area contributed by atoms with E-state index in [0.29, 0.717) is 6.42 Å². The predicted molar refractivity (Wildman–Crippen MR) is 111 cm³/mol. The van der Waals surface area contributed by atoms with Gasteiger partial charge in [0.15, 0.2) is 0 Å².